The van der Waals surface area contributed by atoms with E-state index in [1.807, 2.05) is 0 Å². The van der Waals surface area contributed by atoms with Gasteiger partial charge in [0.2, 0.25) is 0 Å². The van der Waals surface area contributed by atoms with Gasteiger partial charge in [-0.15, -0.1) is 13.2 Å². The summed E-state index contributed by atoms with van der Waals surface area (Å²) in [5.41, 5.74) is 7.00. The summed E-state index contributed by atoms with van der Waals surface area (Å²) in [6.45, 7) is 0.633. The standard InChI is InChI=1S/C14H18F3NO/c15-14(16,17)19-12-5-3-11(4-6-12)9-13(10-18)7-1-2-8-13/h3-6H,1-2,7-10,18H2. The number of alkyl halides is 3. The molecule has 19 heavy (non-hydrogen) atoms. The van der Waals surface area contributed by atoms with Crippen LogP contribution in [0.4, 0.5) is 13.2 Å². The maximum absolute atomic E-state index is 12.0. The van der Waals surface area contributed by atoms with Crippen LogP contribution in [0.25, 0.3) is 0 Å². The summed E-state index contributed by atoms with van der Waals surface area (Å²) in [6.07, 6.45) is 0.773. The van der Waals surface area contributed by atoms with E-state index in [1.54, 1.807) is 12.1 Å². The van der Waals surface area contributed by atoms with E-state index in [0.717, 1.165) is 24.8 Å². The average Bonchev–Trinajstić information content (AvgIpc) is 2.79. The van der Waals surface area contributed by atoms with E-state index in [-0.39, 0.29) is 11.2 Å². The molecule has 1 aliphatic carbocycles. The van der Waals surface area contributed by atoms with E-state index in [4.69, 9.17) is 5.73 Å². The van der Waals surface area contributed by atoms with Gasteiger partial charge in [0.05, 0.1) is 0 Å². The van der Waals surface area contributed by atoms with Gasteiger partial charge in [-0.2, -0.15) is 0 Å². The number of hydrogen-bond donors (Lipinski definition) is 1. The number of halogens is 3. The second kappa shape index (κ2) is 5.41. The molecule has 1 saturated carbocycles. The van der Waals surface area contributed by atoms with E-state index >= 15 is 0 Å². The van der Waals surface area contributed by atoms with Crippen molar-refractivity contribution in [3.63, 3.8) is 0 Å². The lowest BCUT2D eigenvalue weighted by molar-refractivity contribution is -0.274. The molecule has 0 bridgehead atoms. The van der Waals surface area contributed by atoms with Crippen molar-refractivity contribution >= 4 is 0 Å². The van der Waals surface area contributed by atoms with Crippen LogP contribution in [0.2, 0.25) is 0 Å². The lowest BCUT2D eigenvalue weighted by Crippen LogP contribution is -2.29. The zero-order chi connectivity index (χ0) is 13.9. The summed E-state index contributed by atoms with van der Waals surface area (Å²) in [4.78, 5) is 0. The normalized spacial score (nSPS) is 18.5. The van der Waals surface area contributed by atoms with Crippen LogP contribution in [-0.4, -0.2) is 12.9 Å². The Labute approximate surface area is 110 Å². The van der Waals surface area contributed by atoms with Crippen LogP contribution in [0.3, 0.4) is 0 Å². The van der Waals surface area contributed by atoms with Gasteiger partial charge in [0.15, 0.2) is 0 Å². The fourth-order valence-corrected chi connectivity index (χ4v) is 2.82. The molecule has 1 fully saturated rings. The third-order valence-electron chi connectivity index (χ3n) is 3.83. The first-order valence-electron chi connectivity index (χ1n) is 6.47. The van der Waals surface area contributed by atoms with Crippen molar-refractivity contribution in [2.75, 3.05) is 6.54 Å². The molecule has 0 atom stereocenters. The number of nitrogens with two attached hydrogens (primary N) is 1. The molecule has 0 radical (unpaired) electrons. The SMILES string of the molecule is NCC1(Cc2ccc(OC(F)(F)F)cc2)CCCC1. The molecule has 0 aliphatic heterocycles. The molecule has 5 heteroatoms. The van der Waals surface area contributed by atoms with Crippen molar-refractivity contribution in [1.29, 1.82) is 0 Å². The quantitative estimate of drug-likeness (QED) is 0.908. The Balaban J connectivity index is 2.02. The molecule has 2 N–H and O–H groups in total. The molecule has 0 heterocycles. The largest absolute Gasteiger partial charge is 0.573 e. The molecule has 106 valence electrons. The van der Waals surface area contributed by atoms with Crippen LogP contribution >= 0.6 is 0 Å². The summed E-state index contributed by atoms with van der Waals surface area (Å²) in [7, 11) is 0. The number of benzene rings is 1. The molecule has 2 rings (SSSR count). The molecular weight excluding hydrogens is 255 g/mol. The summed E-state index contributed by atoms with van der Waals surface area (Å²) in [5.74, 6) is -0.176. The highest BCUT2D eigenvalue weighted by Gasteiger charge is 2.33. The van der Waals surface area contributed by atoms with E-state index in [0.29, 0.717) is 6.54 Å². The maximum Gasteiger partial charge on any atom is 0.573 e. The van der Waals surface area contributed by atoms with Gasteiger partial charge in [-0.05, 0) is 48.9 Å². The minimum atomic E-state index is -4.63. The predicted molar refractivity (Wildman–Crippen MR) is 66.8 cm³/mol. The molecule has 0 saturated heterocycles. The Morgan fingerprint density at radius 3 is 2.16 bits per heavy atom. The van der Waals surface area contributed by atoms with Crippen LogP contribution in [0.15, 0.2) is 24.3 Å². The third-order valence-corrected chi connectivity index (χ3v) is 3.83. The van der Waals surface area contributed by atoms with Crippen LogP contribution < -0.4 is 10.5 Å². The number of hydrogen-bond acceptors (Lipinski definition) is 2. The number of rotatable bonds is 4. The highest BCUT2D eigenvalue weighted by Crippen LogP contribution is 2.40. The molecule has 1 aromatic carbocycles. The van der Waals surface area contributed by atoms with Crippen LogP contribution in [0.1, 0.15) is 31.2 Å². The summed E-state index contributed by atoms with van der Waals surface area (Å²) < 4.78 is 40.0. The van der Waals surface area contributed by atoms with E-state index in [9.17, 15) is 13.2 Å². The van der Waals surface area contributed by atoms with Gasteiger partial charge in [0.1, 0.15) is 5.75 Å². The Morgan fingerprint density at radius 1 is 1.11 bits per heavy atom. The Kier molecular flexibility index (Phi) is 4.04. The van der Waals surface area contributed by atoms with Crippen molar-refractivity contribution < 1.29 is 17.9 Å². The first-order chi connectivity index (χ1) is 8.92. The Morgan fingerprint density at radius 2 is 1.68 bits per heavy atom. The predicted octanol–water partition coefficient (Wildman–Crippen LogP) is 3.65. The zero-order valence-corrected chi connectivity index (χ0v) is 10.7. The van der Waals surface area contributed by atoms with Gasteiger partial charge in [0, 0.05) is 0 Å². The molecule has 1 aliphatic rings. The smallest absolute Gasteiger partial charge is 0.406 e. The lowest BCUT2D eigenvalue weighted by Gasteiger charge is -2.27. The van der Waals surface area contributed by atoms with Crippen LogP contribution in [-0.2, 0) is 6.42 Å². The average molecular weight is 273 g/mol. The lowest BCUT2D eigenvalue weighted by atomic mass is 9.80. The van der Waals surface area contributed by atoms with E-state index in [1.165, 1.54) is 25.0 Å². The Hall–Kier alpha value is -1.23. The molecule has 1 aromatic rings. The van der Waals surface area contributed by atoms with E-state index < -0.39 is 6.36 Å². The first-order valence-corrected chi connectivity index (χ1v) is 6.47. The zero-order valence-electron chi connectivity index (χ0n) is 10.7. The highest BCUT2D eigenvalue weighted by atomic mass is 19.4. The molecule has 0 unspecified atom stereocenters. The molecule has 0 amide bonds. The minimum absolute atomic E-state index is 0.131. The van der Waals surface area contributed by atoms with Crippen LogP contribution in [0, 0.1) is 5.41 Å². The van der Waals surface area contributed by atoms with Gasteiger partial charge in [-0.1, -0.05) is 25.0 Å². The summed E-state index contributed by atoms with van der Waals surface area (Å²) >= 11 is 0. The topological polar surface area (TPSA) is 35.2 Å². The Bertz CT molecular complexity index is 408. The van der Waals surface area contributed by atoms with Crippen molar-refractivity contribution in [3.8, 4) is 5.75 Å². The number of ether oxygens (including phenoxy) is 1. The van der Waals surface area contributed by atoms with Crippen LogP contribution in [0.5, 0.6) is 5.75 Å². The van der Waals surface area contributed by atoms with Crippen molar-refractivity contribution in [1.82, 2.24) is 0 Å². The fourth-order valence-electron chi connectivity index (χ4n) is 2.82. The van der Waals surface area contributed by atoms with Gasteiger partial charge >= 0.3 is 6.36 Å². The van der Waals surface area contributed by atoms with Crippen molar-refractivity contribution in [3.05, 3.63) is 29.8 Å². The van der Waals surface area contributed by atoms with Crippen molar-refractivity contribution in [2.45, 2.75) is 38.5 Å². The fraction of sp³-hybridized carbons (Fsp3) is 0.571. The van der Waals surface area contributed by atoms with E-state index in [2.05, 4.69) is 4.74 Å². The minimum Gasteiger partial charge on any atom is -0.406 e. The molecule has 2 nitrogen and oxygen atoms in total. The molecular formula is C14H18F3NO. The monoisotopic (exact) mass is 273 g/mol. The second-order valence-corrected chi connectivity index (χ2v) is 5.28. The maximum atomic E-state index is 12.0. The third kappa shape index (κ3) is 3.86. The van der Waals surface area contributed by atoms with Crippen molar-refractivity contribution in [2.24, 2.45) is 11.1 Å². The molecule has 0 aromatic heterocycles. The second-order valence-electron chi connectivity index (χ2n) is 5.28. The summed E-state index contributed by atoms with van der Waals surface area (Å²) in [5, 5.41) is 0. The highest BCUT2D eigenvalue weighted by molar-refractivity contribution is 5.28. The van der Waals surface area contributed by atoms with Gasteiger partial charge in [-0.25, -0.2) is 0 Å². The first kappa shape index (κ1) is 14.2. The van der Waals surface area contributed by atoms with Gasteiger partial charge in [-0.3, -0.25) is 0 Å². The molecule has 0 spiro atoms. The van der Waals surface area contributed by atoms with Gasteiger partial charge in [0.25, 0.3) is 0 Å². The van der Waals surface area contributed by atoms with Gasteiger partial charge < -0.3 is 10.5 Å². The summed E-state index contributed by atoms with van der Waals surface area (Å²) in [6, 6.07) is 6.11.